The van der Waals surface area contributed by atoms with Crippen LogP contribution < -0.4 is 4.72 Å². The molecule has 8 heteroatoms. The minimum absolute atomic E-state index is 0.141. The summed E-state index contributed by atoms with van der Waals surface area (Å²) in [5, 5.41) is 0.767. The normalized spacial score (nSPS) is 11.8. The molecular formula is C22H17N5O2S. The zero-order valence-electron chi connectivity index (χ0n) is 16.0. The molecule has 0 unspecified atom stereocenters. The Balaban J connectivity index is 1.56. The average molecular weight is 415 g/mol. The van der Waals surface area contributed by atoms with Crippen molar-refractivity contribution in [1.29, 1.82) is 0 Å². The van der Waals surface area contributed by atoms with Gasteiger partial charge in [-0.2, -0.15) is 0 Å². The van der Waals surface area contributed by atoms with Crippen molar-refractivity contribution in [3.8, 4) is 11.3 Å². The van der Waals surface area contributed by atoms with Gasteiger partial charge in [-0.15, -0.1) is 0 Å². The first-order valence-corrected chi connectivity index (χ1v) is 10.8. The maximum Gasteiger partial charge on any atom is 0.264 e. The fourth-order valence-corrected chi connectivity index (χ4v) is 4.66. The molecule has 0 atom stereocenters. The van der Waals surface area contributed by atoms with E-state index in [1.54, 1.807) is 36.7 Å². The molecule has 0 saturated heterocycles. The summed E-state index contributed by atoms with van der Waals surface area (Å²) in [7, 11) is -3.84. The monoisotopic (exact) mass is 415 g/mol. The van der Waals surface area contributed by atoms with Gasteiger partial charge in [0.15, 0.2) is 0 Å². The number of aryl methyl sites for hydroxylation is 1. The summed E-state index contributed by atoms with van der Waals surface area (Å²) in [4.78, 5) is 13.1. The van der Waals surface area contributed by atoms with E-state index in [2.05, 4.69) is 19.7 Å². The molecule has 0 saturated carbocycles. The average Bonchev–Trinajstić information content (AvgIpc) is 3.19. The second kappa shape index (κ2) is 6.93. The van der Waals surface area contributed by atoms with Gasteiger partial charge in [0.25, 0.3) is 10.0 Å². The second-order valence-electron chi connectivity index (χ2n) is 6.92. The van der Waals surface area contributed by atoms with E-state index in [4.69, 9.17) is 0 Å². The predicted octanol–water partition coefficient (Wildman–Crippen LogP) is 4.05. The number of fused-ring (bicyclic) bond motifs is 2. The number of pyridine rings is 1. The predicted molar refractivity (Wildman–Crippen MR) is 116 cm³/mol. The molecular weight excluding hydrogens is 398 g/mol. The summed E-state index contributed by atoms with van der Waals surface area (Å²) in [6.07, 6.45) is 6.99. The molecule has 0 fully saturated rings. The molecule has 0 bridgehead atoms. The summed E-state index contributed by atoms with van der Waals surface area (Å²) in [5.41, 5.74) is 3.23. The number of hydrogen-bond donors (Lipinski definition) is 1. The van der Waals surface area contributed by atoms with Gasteiger partial charge in [0.2, 0.25) is 5.78 Å². The van der Waals surface area contributed by atoms with Crippen molar-refractivity contribution < 1.29 is 8.42 Å². The zero-order chi connectivity index (χ0) is 20.7. The van der Waals surface area contributed by atoms with Gasteiger partial charge in [0.1, 0.15) is 4.90 Å². The fraction of sp³-hybridized carbons (Fsp3) is 0.0455. The highest BCUT2D eigenvalue weighted by Crippen LogP contribution is 2.28. The maximum atomic E-state index is 13.2. The summed E-state index contributed by atoms with van der Waals surface area (Å²) in [5.74, 6) is 0.581. The number of anilines is 1. The number of benzene rings is 2. The molecule has 5 rings (SSSR count). The van der Waals surface area contributed by atoms with Crippen molar-refractivity contribution >= 4 is 32.4 Å². The van der Waals surface area contributed by atoms with Gasteiger partial charge in [-0.1, -0.05) is 30.3 Å². The minimum atomic E-state index is -3.84. The van der Waals surface area contributed by atoms with Crippen molar-refractivity contribution in [3.05, 3.63) is 84.9 Å². The Bertz CT molecular complexity index is 1470. The Morgan fingerprint density at radius 3 is 2.67 bits per heavy atom. The van der Waals surface area contributed by atoms with Gasteiger partial charge in [0, 0.05) is 35.7 Å². The molecule has 0 aliphatic heterocycles. The van der Waals surface area contributed by atoms with Crippen LogP contribution in [0, 0.1) is 6.92 Å². The summed E-state index contributed by atoms with van der Waals surface area (Å²) < 4.78 is 30.9. The largest absolute Gasteiger partial charge is 0.291 e. The molecule has 0 aliphatic carbocycles. The minimum Gasteiger partial charge on any atom is -0.291 e. The molecule has 0 radical (unpaired) electrons. The van der Waals surface area contributed by atoms with Crippen molar-refractivity contribution in [2.45, 2.75) is 11.8 Å². The van der Waals surface area contributed by atoms with Crippen molar-refractivity contribution in [1.82, 2.24) is 19.4 Å². The van der Waals surface area contributed by atoms with E-state index in [-0.39, 0.29) is 4.90 Å². The van der Waals surface area contributed by atoms with Crippen LogP contribution >= 0.6 is 0 Å². The number of aromatic nitrogens is 4. The van der Waals surface area contributed by atoms with E-state index in [1.807, 2.05) is 54.0 Å². The second-order valence-corrected chi connectivity index (χ2v) is 8.57. The van der Waals surface area contributed by atoms with E-state index in [1.165, 1.54) is 0 Å². The first-order chi connectivity index (χ1) is 14.5. The Kier molecular flexibility index (Phi) is 4.22. The number of nitrogens with zero attached hydrogens (tertiary/aromatic N) is 4. The van der Waals surface area contributed by atoms with Gasteiger partial charge in [0.05, 0.1) is 16.9 Å². The van der Waals surface area contributed by atoms with E-state index in [0.717, 1.165) is 16.5 Å². The van der Waals surface area contributed by atoms with Gasteiger partial charge in [-0.3, -0.25) is 14.1 Å². The van der Waals surface area contributed by atoms with Crippen LogP contribution in [-0.2, 0) is 10.0 Å². The van der Waals surface area contributed by atoms with Crippen LogP contribution in [0.15, 0.2) is 84.3 Å². The van der Waals surface area contributed by atoms with Gasteiger partial charge < -0.3 is 0 Å². The third-order valence-corrected chi connectivity index (χ3v) is 6.30. The molecule has 2 aromatic carbocycles. The van der Waals surface area contributed by atoms with Crippen LogP contribution in [0.4, 0.5) is 5.69 Å². The summed E-state index contributed by atoms with van der Waals surface area (Å²) in [6.45, 7) is 1.86. The van der Waals surface area contributed by atoms with E-state index < -0.39 is 10.0 Å². The van der Waals surface area contributed by atoms with E-state index >= 15 is 0 Å². The molecule has 30 heavy (non-hydrogen) atoms. The highest BCUT2D eigenvalue weighted by molar-refractivity contribution is 7.93. The molecule has 148 valence electrons. The number of hydrogen-bond acceptors (Lipinski definition) is 5. The van der Waals surface area contributed by atoms with Crippen molar-refractivity contribution in [2.75, 3.05) is 4.72 Å². The van der Waals surface area contributed by atoms with Crippen molar-refractivity contribution in [3.63, 3.8) is 0 Å². The summed E-state index contributed by atoms with van der Waals surface area (Å²) >= 11 is 0. The maximum absolute atomic E-state index is 13.2. The highest BCUT2D eigenvalue weighted by Gasteiger charge is 2.19. The number of para-hydroxylation sites is 1. The lowest BCUT2D eigenvalue weighted by atomic mass is 10.1. The van der Waals surface area contributed by atoms with Gasteiger partial charge in [-0.05, 0) is 36.8 Å². The molecule has 0 aliphatic rings. The van der Waals surface area contributed by atoms with E-state index in [9.17, 15) is 8.42 Å². The lowest BCUT2D eigenvalue weighted by Crippen LogP contribution is -2.14. The van der Waals surface area contributed by atoms with Crippen LogP contribution in [0.3, 0.4) is 0 Å². The fourth-order valence-electron chi connectivity index (χ4n) is 3.35. The number of sulfonamides is 1. The number of imidazole rings is 1. The topological polar surface area (TPSA) is 89.2 Å². The van der Waals surface area contributed by atoms with Crippen LogP contribution in [0.25, 0.3) is 27.9 Å². The van der Waals surface area contributed by atoms with Crippen LogP contribution in [-0.4, -0.2) is 27.8 Å². The molecule has 1 N–H and O–H groups in total. The quantitative estimate of drug-likeness (QED) is 0.478. The molecule has 0 amide bonds. The van der Waals surface area contributed by atoms with Crippen LogP contribution in [0.1, 0.15) is 5.56 Å². The molecule has 3 heterocycles. The summed E-state index contributed by atoms with van der Waals surface area (Å²) in [6, 6.07) is 16.1. The lowest BCUT2D eigenvalue weighted by Gasteiger charge is -2.13. The standard InChI is InChI=1S/C22H17N5O2S/c1-15-8-9-17(19-14-27-12-4-11-24-22(27)25-19)13-18(15)26-30(28,29)20-7-2-5-16-6-3-10-23-21(16)20/h2-14,26H,1H3. The SMILES string of the molecule is Cc1ccc(-c2cn3cccnc3n2)cc1NS(=O)(=O)c1cccc2cccnc12. The van der Waals surface area contributed by atoms with Gasteiger partial charge in [-0.25, -0.2) is 18.4 Å². The third kappa shape index (κ3) is 3.17. The Morgan fingerprint density at radius 1 is 0.967 bits per heavy atom. The first-order valence-electron chi connectivity index (χ1n) is 9.29. The Hall–Kier alpha value is -3.78. The molecule has 7 nitrogen and oxygen atoms in total. The molecule has 0 spiro atoms. The Labute approximate surface area is 173 Å². The van der Waals surface area contributed by atoms with Crippen LogP contribution in [0.5, 0.6) is 0 Å². The first kappa shape index (κ1) is 18.3. The van der Waals surface area contributed by atoms with Crippen LogP contribution in [0.2, 0.25) is 0 Å². The van der Waals surface area contributed by atoms with E-state index in [0.29, 0.717) is 22.7 Å². The van der Waals surface area contributed by atoms with Crippen molar-refractivity contribution in [2.24, 2.45) is 0 Å². The van der Waals surface area contributed by atoms with Gasteiger partial charge >= 0.3 is 0 Å². The number of rotatable bonds is 4. The third-order valence-electron chi connectivity index (χ3n) is 4.90. The molecule has 3 aromatic heterocycles. The highest BCUT2D eigenvalue weighted by atomic mass is 32.2. The molecule has 5 aromatic rings. The smallest absolute Gasteiger partial charge is 0.264 e. The Morgan fingerprint density at radius 2 is 1.80 bits per heavy atom. The zero-order valence-corrected chi connectivity index (χ0v) is 16.8. The lowest BCUT2D eigenvalue weighted by molar-refractivity contribution is 0.602. The number of nitrogens with one attached hydrogen (secondary N) is 1.